The lowest BCUT2D eigenvalue weighted by atomic mass is 10.1. The van der Waals surface area contributed by atoms with Crippen molar-refractivity contribution in [3.05, 3.63) is 40.4 Å². The molecule has 24 heavy (non-hydrogen) atoms. The zero-order chi connectivity index (χ0) is 15.5. The van der Waals surface area contributed by atoms with Gasteiger partial charge in [0.2, 0.25) is 0 Å². The molecule has 1 saturated heterocycles. The van der Waals surface area contributed by atoms with Gasteiger partial charge < -0.3 is 10.2 Å². The summed E-state index contributed by atoms with van der Waals surface area (Å²) in [6.45, 7) is 1.56. The van der Waals surface area contributed by atoms with Crippen LogP contribution in [0.2, 0.25) is 5.02 Å². The van der Waals surface area contributed by atoms with E-state index in [1.54, 1.807) is 0 Å². The van der Waals surface area contributed by atoms with Crippen molar-refractivity contribution in [3.8, 4) is 10.6 Å². The molecule has 1 amide bonds. The van der Waals surface area contributed by atoms with Crippen molar-refractivity contribution in [2.75, 3.05) is 20.1 Å². The van der Waals surface area contributed by atoms with Crippen molar-refractivity contribution in [3.63, 3.8) is 0 Å². The predicted molar refractivity (Wildman–Crippen MR) is 105 cm³/mol. The number of likely N-dealkylation sites (tertiary alicyclic amines) is 1. The molecule has 1 unspecified atom stereocenters. The van der Waals surface area contributed by atoms with Gasteiger partial charge in [-0.05, 0) is 32.0 Å². The van der Waals surface area contributed by atoms with Gasteiger partial charge in [-0.2, -0.15) is 0 Å². The summed E-state index contributed by atoms with van der Waals surface area (Å²) in [4.78, 5) is 19.0. The topological polar surface area (TPSA) is 45.2 Å². The SMILES string of the molecule is CNC1CCCN(C(=O)c2csc(-c3ccc(Cl)cc3)n2)C1.Cl.Cl. The minimum absolute atomic E-state index is 0. The van der Waals surface area contributed by atoms with E-state index in [9.17, 15) is 4.79 Å². The first kappa shape index (κ1) is 21.2. The van der Waals surface area contributed by atoms with Crippen LogP contribution >= 0.6 is 47.8 Å². The van der Waals surface area contributed by atoms with Crippen LogP contribution in [-0.2, 0) is 0 Å². The first-order valence-corrected chi connectivity index (χ1v) is 8.61. The molecule has 132 valence electrons. The Bertz CT molecular complexity index is 663. The fourth-order valence-corrected chi connectivity index (χ4v) is 3.58. The number of rotatable bonds is 3. The van der Waals surface area contributed by atoms with Crippen LogP contribution in [0.15, 0.2) is 29.6 Å². The van der Waals surface area contributed by atoms with Crippen molar-refractivity contribution < 1.29 is 4.79 Å². The predicted octanol–water partition coefficient (Wildman–Crippen LogP) is 4.13. The molecule has 0 radical (unpaired) electrons. The lowest BCUT2D eigenvalue weighted by molar-refractivity contribution is 0.0693. The Morgan fingerprint density at radius 3 is 2.71 bits per heavy atom. The Hall–Kier alpha value is -0.850. The van der Waals surface area contributed by atoms with E-state index >= 15 is 0 Å². The summed E-state index contributed by atoms with van der Waals surface area (Å²) in [7, 11) is 1.94. The monoisotopic (exact) mass is 407 g/mol. The molecular weight excluding hydrogens is 389 g/mol. The lowest BCUT2D eigenvalue weighted by Crippen LogP contribution is -2.47. The molecule has 1 aromatic heterocycles. The van der Waals surface area contributed by atoms with Gasteiger partial charge in [0, 0.05) is 35.1 Å². The second-order valence-corrected chi connectivity index (χ2v) is 6.72. The van der Waals surface area contributed by atoms with E-state index in [0.717, 1.165) is 36.5 Å². The van der Waals surface area contributed by atoms with E-state index in [4.69, 9.17) is 11.6 Å². The van der Waals surface area contributed by atoms with Crippen LogP contribution in [0.4, 0.5) is 0 Å². The first-order chi connectivity index (χ1) is 10.7. The van der Waals surface area contributed by atoms with E-state index in [1.807, 2.05) is 41.6 Å². The maximum atomic E-state index is 12.6. The molecule has 0 spiro atoms. The maximum Gasteiger partial charge on any atom is 0.273 e. The van der Waals surface area contributed by atoms with Gasteiger partial charge in [0.15, 0.2) is 0 Å². The summed E-state index contributed by atoms with van der Waals surface area (Å²) in [6, 6.07) is 7.90. The van der Waals surface area contributed by atoms with Crippen LogP contribution < -0.4 is 5.32 Å². The van der Waals surface area contributed by atoms with Crippen LogP contribution in [0.1, 0.15) is 23.3 Å². The van der Waals surface area contributed by atoms with E-state index < -0.39 is 0 Å². The summed E-state index contributed by atoms with van der Waals surface area (Å²) in [5, 5.41) is 6.64. The molecule has 1 aliphatic heterocycles. The van der Waals surface area contributed by atoms with E-state index in [1.165, 1.54) is 11.3 Å². The van der Waals surface area contributed by atoms with Gasteiger partial charge in [-0.1, -0.05) is 23.7 Å². The molecule has 8 heteroatoms. The normalized spacial score (nSPS) is 16.9. The van der Waals surface area contributed by atoms with Crippen LogP contribution in [0.5, 0.6) is 0 Å². The van der Waals surface area contributed by atoms with Gasteiger partial charge in [0.25, 0.3) is 5.91 Å². The summed E-state index contributed by atoms with van der Waals surface area (Å²) in [5.74, 6) is 0.0245. The van der Waals surface area contributed by atoms with Gasteiger partial charge in [0.05, 0.1) is 0 Å². The number of carbonyl (C=O) groups is 1. The molecule has 0 aliphatic carbocycles. The minimum atomic E-state index is 0. The number of hydrogen-bond donors (Lipinski definition) is 1. The number of piperidine rings is 1. The average molecular weight is 409 g/mol. The number of amides is 1. The molecule has 1 N–H and O–H groups in total. The molecular formula is C16H20Cl3N3OS. The Morgan fingerprint density at radius 2 is 2.04 bits per heavy atom. The number of halogens is 3. The average Bonchev–Trinajstić information content (AvgIpc) is 3.05. The fraction of sp³-hybridized carbons (Fsp3) is 0.375. The van der Waals surface area contributed by atoms with Gasteiger partial charge in [-0.3, -0.25) is 4.79 Å². The van der Waals surface area contributed by atoms with Gasteiger partial charge in [-0.25, -0.2) is 4.98 Å². The van der Waals surface area contributed by atoms with E-state index in [2.05, 4.69) is 10.3 Å². The fourth-order valence-electron chi connectivity index (χ4n) is 2.66. The summed E-state index contributed by atoms with van der Waals surface area (Å²) in [5.41, 5.74) is 1.52. The van der Waals surface area contributed by atoms with Crippen LogP contribution in [0.3, 0.4) is 0 Å². The molecule has 4 nitrogen and oxygen atoms in total. The number of nitrogens with one attached hydrogen (secondary N) is 1. The van der Waals surface area contributed by atoms with Crippen LogP contribution in [-0.4, -0.2) is 42.0 Å². The minimum Gasteiger partial charge on any atom is -0.336 e. The number of aromatic nitrogens is 1. The molecule has 3 rings (SSSR count). The number of hydrogen-bond acceptors (Lipinski definition) is 4. The number of nitrogens with zero attached hydrogens (tertiary/aromatic N) is 2. The zero-order valence-electron chi connectivity index (χ0n) is 13.2. The zero-order valence-corrected chi connectivity index (χ0v) is 16.4. The Balaban J connectivity index is 0.00000144. The van der Waals surface area contributed by atoms with Crippen molar-refractivity contribution >= 4 is 53.7 Å². The third-order valence-corrected chi connectivity index (χ3v) is 5.07. The number of benzene rings is 1. The molecule has 0 bridgehead atoms. The van der Waals surface area contributed by atoms with E-state index in [-0.39, 0.29) is 30.7 Å². The second-order valence-electron chi connectivity index (χ2n) is 5.42. The molecule has 2 heterocycles. The highest BCUT2D eigenvalue weighted by Gasteiger charge is 2.25. The number of likely N-dealkylation sites (N-methyl/N-ethyl adjacent to an activating group) is 1. The molecule has 1 fully saturated rings. The van der Waals surface area contributed by atoms with Gasteiger partial charge in [-0.15, -0.1) is 36.2 Å². The highest BCUT2D eigenvalue weighted by Crippen LogP contribution is 2.26. The van der Waals surface area contributed by atoms with E-state index in [0.29, 0.717) is 16.8 Å². The quantitative estimate of drug-likeness (QED) is 0.830. The molecule has 1 atom stereocenters. The standard InChI is InChI=1S/C16H18ClN3OS.2ClH/c1-18-13-3-2-8-20(9-13)16(21)14-10-22-15(19-14)11-4-6-12(17)7-5-11;;/h4-7,10,13,18H,2-3,8-9H2,1H3;2*1H. The molecule has 1 aliphatic rings. The maximum absolute atomic E-state index is 12.6. The van der Waals surface area contributed by atoms with Gasteiger partial charge in [0.1, 0.15) is 10.7 Å². The third-order valence-electron chi connectivity index (χ3n) is 3.93. The number of thiazole rings is 1. The smallest absolute Gasteiger partial charge is 0.273 e. The van der Waals surface area contributed by atoms with Crippen molar-refractivity contribution in [1.82, 2.24) is 15.2 Å². The van der Waals surface area contributed by atoms with Crippen LogP contribution in [0.25, 0.3) is 10.6 Å². The van der Waals surface area contributed by atoms with Crippen molar-refractivity contribution in [1.29, 1.82) is 0 Å². The summed E-state index contributed by atoms with van der Waals surface area (Å²) >= 11 is 7.39. The van der Waals surface area contributed by atoms with Crippen molar-refractivity contribution in [2.24, 2.45) is 0 Å². The summed E-state index contributed by atoms with van der Waals surface area (Å²) in [6.07, 6.45) is 2.15. The lowest BCUT2D eigenvalue weighted by Gasteiger charge is -2.32. The second kappa shape index (κ2) is 9.59. The summed E-state index contributed by atoms with van der Waals surface area (Å²) < 4.78 is 0. The molecule has 2 aromatic rings. The Kier molecular flexibility index (Phi) is 8.46. The van der Waals surface area contributed by atoms with Crippen LogP contribution in [0, 0.1) is 0 Å². The number of carbonyl (C=O) groups excluding carboxylic acids is 1. The highest BCUT2D eigenvalue weighted by molar-refractivity contribution is 7.13. The molecule has 1 aromatic carbocycles. The third kappa shape index (κ3) is 4.83. The highest BCUT2D eigenvalue weighted by atomic mass is 35.5. The van der Waals surface area contributed by atoms with Gasteiger partial charge >= 0.3 is 0 Å². The Morgan fingerprint density at radius 1 is 1.33 bits per heavy atom. The Labute approximate surface area is 163 Å². The molecule has 0 saturated carbocycles. The largest absolute Gasteiger partial charge is 0.336 e. The first-order valence-electron chi connectivity index (χ1n) is 7.35. The van der Waals surface area contributed by atoms with Crippen molar-refractivity contribution in [2.45, 2.75) is 18.9 Å².